The first-order valence-corrected chi connectivity index (χ1v) is 8.01. The van der Waals surface area contributed by atoms with Crippen molar-refractivity contribution in [2.75, 3.05) is 26.8 Å². The number of ketones is 1. The Balaban J connectivity index is 2.04. The molecular formula is C18H25NO3. The molecule has 120 valence electrons. The average molecular weight is 303 g/mol. The Bertz CT molecular complexity index is 527. The average Bonchev–Trinajstić information content (AvgIpc) is 2.54. The van der Waals surface area contributed by atoms with Crippen LogP contribution in [0.15, 0.2) is 24.3 Å². The molecule has 4 heteroatoms. The number of benzene rings is 1. The van der Waals surface area contributed by atoms with Crippen LogP contribution in [0.25, 0.3) is 0 Å². The number of amides is 1. The monoisotopic (exact) mass is 303 g/mol. The third-order valence-corrected chi connectivity index (χ3v) is 4.30. The molecule has 1 aliphatic heterocycles. The smallest absolute Gasteiger partial charge is 0.254 e. The van der Waals surface area contributed by atoms with Crippen LogP contribution in [0.2, 0.25) is 0 Å². The van der Waals surface area contributed by atoms with Crippen LogP contribution in [0.3, 0.4) is 0 Å². The summed E-state index contributed by atoms with van der Waals surface area (Å²) in [6.07, 6.45) is 4.33. The Kier molecular flexibility index (Phi) is 6.13. The van der Waals surface area contributed by atoms with Gasteiger partial charge in [0.15, 0.2) is 5.78 Å². The molecule has 0 bridgehead atoms. The lowest BCUT2D eigenvalue weighted by molar-refractivity contribution is 0.0657. The quantitative estimate of drug-likeness (QED) is 0.599. The molecule has 1 aliphatic rings. The molecule has 2 rings (SSSR count). The van der Waals surface area contributed by atoms with Gasteiger partial charge >= 0.3 is 0 Å². The molecule has 0 radical (unpaired) electrons. The van der Waals surface area contributed by atoms with Gasteiger partial charge in [-0.15, -0.1) is 0 Å². The SMILES string of the molecule is COCCC[C@H]1CCCN(C(=O)c2ccccc2C(C)=O)C1. The summed E-state index contributed by atoms with van der Waals surface area (Å²) in [5, 5.41) is 0. The Morgan fingerprint density at radius 1 is 1.27 bits per heavy atom. The number of hydrogen-bond acceptors (Lipinski definition) is 3. The zero-order valence-corrected chi connectivity index (χ0v) is 13.5. The van der Waals surface area contributed by atoms with Crippen molar-refractivity contribution < 1.29 is 14.3 Å². The fourth-order valence-electron chi connectivity index (χ4n) is 3.15. The summed E-state index contributed by atoms with van der Waals surface area (Å²) in [5.41, 5.74) is 1.06. The van der Waals surface area contributed by atoms with E-state index in [4.69, 9.17) is 4.74 Å². The highest BCUT2D eigenvalue weighted by Crippen LogP contribution is 2.23. The zero-order chi connectivity index (χ0) is 15.9. The van der Waals surface area contributed by atoms with Gasteiger partial charge in [0.2, 0.25) is 0 Å². The fraction of sp³-hybridized carbons (Fsp3) is 0.556. The molecule has 4 nitrogen and oxygen atoms in total. The molecule has 0 spiro atoms. The van der Waals surface area contributed by atoms with E-state index in [9.17, 15) is 9.59 Å². The van der Waals surface area contributed by atoms with Gasteiger partial charge in [-0.2, -0.15) is 0 Å². The maximum absolute atomic E-state index is 12.7. The van der Waals surface area contributed by atoms with Crippen molar-refractivity contribution in [1.29, 1.82) is 0 Å². The first-order chi connectivity index (χ1) is 10.6. The first kappa shape index (κ1) is 16.7. The van der Waals surface area contributed by atoms with E-state index in [0.717, 1.165) is 39.0 Å². The molecule has 22 heavy (non-hydrogen) atoms. The lowest BCUT2D eigenvalue weighted by atomic mass is 9.92. The minimum Gasteiger partial charge on any atom is -0.385 e. The minimum absolute atomic E-state index is 0.0118. The molecule has 1 aromatic carbocycles. The van der Waals surface area contributed by atoms with Crippen molar-refractivity contribution in [3.63, 3.8) is 0 Å². The number of carbonyl (C=O) groups excluding carboxylic acids is 2. The molecule has 0 unspecified atom stereocenters. The van der Waals surface area contributed by atoms with Crippen LogP contribution in [0.4, 0.5) is 0 Å². The Morgan fingerprint density at radius 2 is 2.00 bits per heavy atom. The predicted octanol–water partition coefficient (Wildman–Crippen LogP) is 3.17. The number of hydrogen-bond donors (Lipinski definition) is 0. The second-order valence-corrected chi connectivity index (χ2v) is 6.00. The highest BCUT2D eigenvalue weighted by atomic mass is 16.5. The van der Waals surface area contributed by atoms with Crippen LogP contribution in [0.1, 0.15) is 53.3 Å². The third kappa shape index (κ3) is 4.17. The number of piperidine rings is 1. The molecule has 0 N–H and O–H groups in total. The second-order valence-electron chi connectivity index (χ2n) is 6.00. The van der Waals surface area contributed by atoms with E-state index in [2.05, 4.69) is 0 Å². The molecule has 0 saturated carbocycles. The van der Waals surface area contributed by atoms with Gasteiger partial charge in [0.25, 0.3) is 5.91 Å². The van der Waals surface area contributed by atoms with Crippen molar-refractivity contribution >= 4 is 11.7 Å². The number of rotatable bonds is 6. The number of ether oxygens (including phenoxy) is 1. The third-order valence-electron chi connectivity index (χ3n) is 4.30. The van der Waals surface area contributed by atoms with Crippen molar-refractivity contribution in [3.8, 4) is 0 Å². The Morgan fingerprint density at radius 3 is 2.68 bits per heavy atom. The van der Waals surface area contributed by atoms with Crippen LogP contribution < -0.4 is 0 Å². The van der Waals surface area contributed by atoms with Crippen LogP contribution in [0, 0.1) is 5.92 Å². The molecule has 1 aromatic rings. The molecule has 1 amide bonds. The number of nitrogens with zero attached hydrogens (tertiary/aromatic N) is 1. The van der Waals surface area contributed by atoms with Gasteiger partial charge in [-0.05, 0) is 44.6 Å². The highest BCUT2D eigenvalue weighted by molar-refractivity contribution is 6.07. The second kappa shape index (κ2) is 8.08. The van der Waals surface area contributed by atoms with Crippen LogP contribution in [-0.4, -0.2) is 43.4 Å². The first-order valence-electron chi connectivity index (χ1n) is 8.01. The van der Waals surface area contributed by atoms with E-state index in [0.29, 0.717) is 17.0 Å². The fourth-order valence-corrected chi connectivity index (χ4v) is 3.15. The summed E-state index contributed by atoms with van der Waals surface area (Å²) in [5.74, 6) is 0.470. The number of methoxy groups -OCH3 is 1. The van der Waals surface area contributed by atoms with Gasteiger partial charge in [0.1, 0.15) is 0 Å². The van der Waals surface area contributed by atoms with Gasteiger partial charge in [-0.1, -0.05) is 18.2 Å². The topological polar surface area (TPSA) is 46.6 Å². The molecule has 1 atom stereocenters. The molecule has 1 saturated heterocycles. The standard InChI is InChI=1S/C18H25NO3/c1-14(20)16-9-3-4-10-17(16)18(21)19-11-5-7-15(13-19)8-6-12-22-2/h3-4,9-10,15H,5-8,11-13H2,1-2H3/t15-/m1/s1. The molecule has 1 heterocycles. The highest BCUT2D eigenvalue weighted by Gasteiger charge is 2.26. The minimum atomic E-state index is -0.0578. The van der Waals surface area contributed by atoms with Gasteiger partial charge in [-0.3, -0.25) is 9.59 Å². The molecule has 1 fully saturated rings. The maximum Gasteiger partial charge on any atom is 0.254 e. The maximum atomic E-state index is 12.7. The van der Waals surface area contributed by atoms with Crippen molar-refractivity contribution in [1.82, 2.24) is 4.90 Å². The summed E-state index contributed by atoms with van der Waals surface area (Å²) >= 11 is 0. The van der Waals surface area contributed by atoms with Gasteiger partial charge < -0.3 is 9.64 Å². The van der Waals surface area contributed by atoms with Gasteiger partial charge in [-0.25, -0.2) is 0 Å². The Labute approximate surface area is 132 Å². The Hall–Kier alpha value is -1.68. The zero-order valence-electron chi connectivity index (χ0n) is 13.5. The molecule has 0 aromatic heterocycles. The van der Waals surface area contributed by atoms with E-state index < -0.39 is 0 Å². The van der Waals surface area contributed by atoms with E-state index >= 15 is 0 Å². The van der Waals surface area contributed by atoms with E-state index in [1.807, 2.05) is 11.0 Å². The van der Waals surface area contributed by atoms with Gasteiger partial charge in [0, 0.05) is 32.4 Å². The lowest BCUT2D eigenvalue weighted by Gasteiger charge is -2.33. The predicted molar refractivity (Wildman–Crippen MR) is 86.2 cm³/mol. The summed E-state index contributed by atoms with van der Waals surface area (Å²) < 4.78 is 5.10. The summed E-state index contributed by atoms with van der Waals surface area (Å²) in [4.78, 5) is 26.4. The summed E-state index contributed by atoms with van der Waals surface area (Å²) in [6.45, 7) is 3.86. The van der Waals surface area contributed by atoms with E-state index in [1.165, 1.54) is 13.3 Å². The van der Waals surface area contributed by atoms with Crippen molar-refractivity contribution in [3.05, 3.63) is 35.4 Å². The summed E-state index contributed by atoms with van der Waals surface area (Å²) in [6, 6.07) is 7.11. The number of likely N-dealkylation sites (tertiary alicyclic amines) is 1. The van der Waals surface area contributed by atoms with Crippen molar-refractivity contribution in [2.24, 2.45) is 5.92 Å². The largest absolute Gasteiger partial charge is 0.385 e. The van der Waals surface area contributed by atoms with E-state index in [-0.39, 0.29) is 11.7 Å². The van der Waals surface area contributed by atoms with Crippen LogP contribution >= 0.6 is 0 Å². The van der Waals surface area contributed by atoms with E-state index in [1.54, 1.807) is 25.3 Å². The number of Topliss-reactive ketones (excluding diaryl/α,β-unsaturated/α-hetero) is 1. The van der Waals surface area contributed by atoms with Crippen LogP contribution in [0.5, 0.6) is 0 Å². The molecular weight excluding hydrogens is 278 g/mol. The lowest BCUT2D eigenvalue weighted by Crippen LogP contribution is -2.40. The number of carbonyl (C=O) groups is 2. The normalized spacial score (nSPS) is 18.3. The van der Waals surface area contributed by atoms with Gasteiger partial charge in [0.05, 0.1) is 5.56 Å². The molecule has 0 aliphatic carbocycles. The summed E-state index contributed by atoms with van der Waals surface area (Å²) in [7, 11) is 1.72. The van der Waals surface area contributed by atoms with Crippen molar-refractivity contribution in [2.45, 2.75) is 32.6 Å². The van der Waals surface area contributed by atoms with Crippen LogP contribution in [-0.2, 0) is 4.74 Å².